The molecule has 10 heavy (non-hydrogen) atoms. The molecule has 3 fully saturated rings. The molecular weight excluding hydrogens is 124 g/mol. The molecule has 0 amide bonds. The third-order valence-corrected chi connectivity index (χ3v) is 3.25. The maximum Gasteiger partial charge on any atom is 0.0223 e. The molecule has 3 aliphatic rings. The van der Waals surface area contributed by atoms with Gasteiger partial charge in [-0.05, 0) is 38.8 Å². The molecule has 0 unspecified atom stereocenters. The maximum atomic E-state index is 6.02. The third-order valence-electron chi connectivity index (χ3n) is 3.25. The summed E-state index contributed by atoms with van der Waals surface area (Å²) in [4.78, 5) is 2.52. The van der Waals surface area contributed by atoms with Gasteiger partial charge in [0.05, 0.1) is 0 Å². The number of nitrogens with zero attached hydrogens (tertiary/aromatic N) is 1. The van der Waals surface area contributed by atoms with Gasteiger partial charge in [-0.1, -0.05) is 0 Å². The largest absolute Gasteiger partial charge is 0.326 e. The zero-order valence-corrected chi connectivity index (χ0v) is 6.59. The Hall–Kier alpha value is -0.0800. The highest BCUT2D eigenvalue weighted by Gasteiger charge is 2.37. The molecule has 2 heteroatoms. The minimum Gasteiger partial charge on any atom is -0.326 e. The highest BCUT2D eigenvalue weighted by Crippen LogP contribution is 2.30. The van der Waals surface area contributed by atoms with E-state index in [1.807, 2.05) is 0 Å². The van der Waals surface area contributed by atoms with Crippen LogP contribution in [0.4, 0.5) is 0 Å². The molecule has 2 nitrogen and oxygen atoms in total. The average Bonchev–Trinajstić information content (AvgIpc) is 2.00. The molecule has 3 saturated heterocycles. The van der Waals surface area contributed by atoms with E-state index in [-0.39, 0.29) is 0 Å². The van der Waals surface area contributed by atoms with Crippen molar-refractivity contribution in [2.24, 2.45) is 11.7 Å². The Kier molecular flexibility index (Phi) is 1.46. The van der Waals surface area contributed by atoms with Gasteiger partial charge in [-0.2, -0.15) is 0 Å². The Morgan fingerprint density at radius 3 is 2.20 bits per heavy atom. The first kappa shape index (κ1) is 6.62. The summed E-state index contributed by atoms with van der Waals surface area (Å²) in [6.07, 6.45) is 2.68. The maximum absolute atomic E-state index is 6.02. The normalized spacial score (nSPS) is 53.4. The second-order valence-electron chi connectivity index (χ2n) is 3.69. The molecule has 0 radical (unpaired) electrons. The van der Waals surface area contributed by atoms with E-state index >= 15 is 0 Å². The molecule has 58 valence electrons. The van der Waals surface area contributed by atoms with Gasteiger partial charge in [0.15, 0.2) is 0 Å². The smallest absolute Gasteiger partial charge is 0.0223 e. The predicted octanol–water partition coefficient (Wildman–Crippen LogP) is 0.428. The minimum atomic E-state index is 0.461. The molecule has 2 bridgehead atoms. The van der Waals surface area contributed by atoms with Crippen molar-refractivity contribution in [2.45, 2.75) is 31.8 Å². The Bertz CT molecular complexity index is 107. The van der Waals surface area contributed by atoms with Gasteiger partial charge in [-0.3, -0.25) is 4.90 Å². The monoisotopic (exact) mass is 140 g/mol. The second-order valence-corrected chi connectivity index (χ2v) is 3.69. The number of hydrogen-bond donors (Lipinski definition) is 1. The fraction of sp³-hybridized carbons (Fsp3) is 1.00. The topological polar surface area (TPSA) is 29.3 Å². The summed E-state index contributed by atoms with van der Waals surface area (Å²) in [6.45, 7) is 4.84. The van der Waals surface area contributed by atoms with Crippen LogP contribution in [0, 0.1) is 5.92 Å². The summed E-state index contributed by atoms with van der Waals surface area (Å²) in [5, 5.41) is 0. The zero-order valence-electron chi connectivity index (χ0n) is 6.59. The molecule has 0 aromatic rings. The summed E-state index contributed by atoms with van der Waals surface area (Å²) >= 11 is 0. The number of piperidine rings is 3. The van der Waals surface area contributed by atoms with E-state index in [0.717, 1.165) is 5.92 Å². The van der Waals surface area contributed by atoms with Gasteiger partial charge in [0.25, 0.3) is 0 Å². The van der Waals surface area contributed by atoms with Crippen LogP contribution in [-0.2, 0) is 0 Å². The standard InChI is InChI=1S/C8H16N2/c1-6-8(9)7-2-4-10(6)5-3-7/h6-8H,2-5,9H2,1H3/t6-,8-/m0/s1. The van der Waals surface area contributed by atoms with Crippen LogP contribution in [0.25, 0.3) is 0 Å². The fourth-order valence-electron chi connectivity index (χ4n) is 2.35. The molecule has 0 aromatic heterocycles. The lowest BCUT2D eigenvalue weighted by Gasteiger charge is -2.48. The number of rotatable bonds is 0. The highest BCUT2D eigenvalue weighted by atomic mass is 15.2. The van der Waals surface area contributed by atoms with Crippen LogP contribution in [0.1, 0.15) is 19.8 Å². The van der Waals surface area contributed by atoms with E-state index < -0.39 is 0 Å². The first-order chi connectivity index (χ1) is 4.79. The van der Waals surface area contributed by atoms with Gasteiger partial charge in [0.1, 0.15) is 0 Å². The molecule has 3 heterocycles. The molecule has 0 spiro atoms. The molecular formula is C8H16N2. The van der Waals surface area contributed by atoms with Crippen molar-refractivity contribution >= 4 is 0 Å². The minimum absolute atomic E-state index is 0.461. The first-order valence-electron chi connectivity index (χ1n) is 4.28. The Morgan fingerprint density at radius 1 is 1.30 bits per heavy atom. The van der Waals surface area contributed by atoms with Crippen LogP contribution in [-0.4, -0.2) is 30.1 Å². The van der Waals surface area contributed by atoms with Crippen molar-refractivity contribution in [3.8, 4) is 0 Å². The Balaban J connectivity index is 2.13. The highest BCUT2D eigenvalue weighted by molar-refractivity contribution is 4.94. The molecule has 3 rings (SSSR count). The summed E-state index contributed by atoms with van der Waals surface area (Å²) in [7, 11) is 0. The Morgan fingerprint density at radius 2 is 1.90 bits per heavy atom. The van der Waals surface area contributed by atoms with Crippen LogP contribution >= 0.6 is 0 Å². The van der Waals surface area contributed by atoms with Crippen molar-refractivity contribution in [1.82, 2.24) is 4.90 Å². The van der Waals surface area contributed by atoms with Gasteiger partial charge in [0, 0.05) is 12.1 Å². The van der Waals surface area contributed by atoms with Crippen molar-refractivity contribution in [3.05, 3.63) is 0 Å². The molecule has 0 aliphatic carbocycles. The summed E-state index contributed by atoms with van der Waals surface area (Å²) in [6, 6.07) is 1.11. The first-order valence-corrected chi connectivity index (χ1v) is 4.28. The summed E-state index contributed by atoms with van der Waals surface area (Å²) < 4.78 is 0. The van der Waals surface area contributed by atoms with E-state index in [4.69, 9.17) is 5.73 Å². The van der Waals surface area contributed by atoms with Crippen LogP contribution in [0.5, 0.6) is 0 Å². The molecule has 2 N–H and O–H groups in total. The van der Waals surface area contributed by atoms with Crippen LogP contribution in [0.15, 0.2) is 0 Å². The van der Waals surface area contributed by atoms with E-state index in [0.29, 0.717) is 12.1 Å². The summed E-state index contributed by atoms with van der Waals surface area (Å²) in [5.74, 6) is 0.833. The van der Waals surface area contributed by atoms with E-state index in [1.165, 1.54) is 25.9 Å². The summed E-state index contributed by atoms with van der Waals surface area (Å²) in [5.41, 5.74) is 6.02. The van der Waals surface area contributed by atoms with Gasteiger partial charge in [-0.25, -0.2) is 0 Å². The quantitative estimate of drug-likeness (QED) is 0.528. The van der Waals surface area contributed by atoms with Crippen LogP contribution in [0.2, 0.25) is 0 Å². The van der Waals surface area contributed by atoms with Crippen LogP contribution < -0.4 is 5.73 Å². The lowest BCUT2D eigenvalue weighted by Crippen LogP contribution is -2.59. The van der Waals surface area contributed by atoms with Gasteiger partial charge in [-0.15, -0.1) is 0 Å². The van der Waals surface area contributed by atoms with Crippen molar-refractivity contribution < 1.29 is 0 Å². The van der Waals surface area contributed by atoms with E-state index in [9.17, 15) is 0 Å². The predicted molar refractivity (Wildman–Crippen MR) is 41.7 cm³/mol. The molecule has 3 aliphatic heterocycles. The molecule has 0 aromatic carbocycles. The van der Waals surface area contributed by atoms with Gasteiger partial charge >= 0.3 is 0 Å². The SMILES string of the molecule is C[C@H]1[C@H](N)C2CCN1CC2. The third kappa shape index (κ3) is 0.789. The van der Waals surface area contributed by atoms with Crippen molar-refractivity contribution in [3.63, 3.8) is 0 Å². The zero-order chi connectivity index (χ0) is 7.14. The number of fused-ring (bicyclic) bond motifs is 3. The number of hydrogen-bond acceptors (Lipinski definition) is 2. The van der Waals surface area contributed by atoms with Gasteiger partial charge < -0.3 is 5.73 Å². The van der Waals surface area contributed by atoms with Crippen molar-refractivity contribution in [1.29, 1.82) is 0 Å². The fourth-order valence-corrected chi connectivity index (χ4v) is 2.35. The molecule has 2 atom stereocenters. The van der Waals surface area contributed by atoms with Crippen molar-refractivity contribution in [2.75, 3.05) is 13.1 Å². The lowest BCUT2D eigenvalue weighted by molar-refractivity contribution is 0.0380. The molecule has 0 saturated carbocycles. The van der Waals surface area contributed by atoms with E-state index in [2.05, 4.69) is 11.8 Å². The lowest BCUT2D eigenvalue weighted by atomic mass is 9.80. The average molecular weight is 140 g/mol. The van der Waals surface area contributed by atoms with Crippen LogP contribution in [0.3, 0.4) is 0 Å². The van der Waals surface area contributed by atoms with E-state index in [1.54, 1.807) is 0 Å². The number of nitrogens with two attached hydrogens (primary N) is 1. The second kappa shape index (κ2) is 2.21. The Labute approximate surface area is 62.4 Å². The van der Waals surface area contributed by atoms with Gasteiger partial charge in [0.2, 0.25) is 0 Å².